The highest BCUT2D eigenvalue weighted by atomic mass is 16.5. The maximum absolute atomic E-state index is 12.0. The first-order valence-electron chi connectivity index (χ1n) is 6.03. The Hall–Kier alpha value is -2.30. The summed E-state index contributed by atoms with van der Waals surface area (Å²) in [5.41, 5.74) is 1.79. The van der Waals surface area contributed by atoms with Crippen molar-refractivity contribution in [1.82, 2.24) is 4.98 Å². The van der Waals surface area contributed by atoms with Crippen LogP contribution in [-0.4, -0.2) is 31.0 Å². The third-order valence-electron chi connectivity index (χ3n) is 3.07. The largest absolute Gasteiger partial charge is 0.469 e. The van der Waals surface area contributed by atoms with E-state index < -0.39 is 0 Å². The van der Waals surface area contributed by atoms with E-state index in [2.05, 4.69) is 9.72 Å². The molecule has 1 aromatic carbocycles. The minimum Gasteiger partial charge on any atom is -0.469 e. The predicted molar refractivity (Wildman–Crippen MR) is 73.0 cm³/mol. The van der Waals surface area contributed by atoms with Gasteiger partial charge in [0.05, 0.1) is 19.2 Å². The molecular weight excluding hydrogens is 244 g/mol. The summed E-state index contributed by atoms with van der Waals surface area (Å²) in [6.07, 6.45) is 2.03. The number of carbonyl (C=O) groups is 2. The van der Waals surface area contributed by atoms with Crippen LogP contribution in [0, 0.1) is 0 Å². The van der Waals surface area contributed by atoms with Gasteiger partial charge in [0.2, 0.25) is 5.91 Å². The lowest BCUT2D eigenvalue weighted by atomic mass is 10.2. The molecule has 0 spiro atoms. The summed E-state index contributed by atoms with van der Waals surface area (Å²) in [6.45, 7) is 0. The summed E-state index contributed by atoms with van der Waals surface area (Å²) in [5, 5.41) is 0.983. The first-order valence-corrected chi connectivity index (χ1v) is 6.03. The summed E-state index contributed by atoms with van der Waals surface area (Å²) >= 11 is 0. The van der Waals surface area contributed by atoms with Crippen molar-refractivity contribution in [1.29, 1.82) is 0 Å². The number of hydrogen-bond acceptors (Lipinski definition) is 3. The topological polar surface area (TPSA) is 62.4 Å². The molecule has 0 radical (unpaired) electrons. The molecule has 0 aliphatic carbocycles. The van der Waals surface area contributed by atoms with Crippen molar-refractivity contribution in [3.05, 3.63) is 30.5 Å². The third kappa shape index (κ3) is 2.76. The molecule has 100 valence electrons. The Labute approximate surface area is 111 Å². The Morgan fingerprint density at radius 1 is 1.26 bits per heavy atom. The lowest BCUT2D eigenvalue weighted by molar-refractivity contribution is -0.141. The molecule has 0 aliphatic rings. The van der Waals surface area contributed by atoms with Crippen LogP contribution in [-0.2, 0) is 14.3 Å². The fraction of sp³-hybridized carbons (Fsp3) is 0.286. The SMILES string of the molecule is COC(=O)CCC(=O)N(C)c1c[nH]c2ccccc12. The van der Waals surface area contributed by atoms with Crippen LogP contribution in [0.15, 0.2) is 30.5 Å². The van der Waals surface area contributed by atoms with Crippen LogP contribution >= 0.6 is 0 Å². The Bertz CT molecular complexity index is 604. The molecule has 0 unspecified atom stereocenters. The smallest absolute Gasteiger partial charge is 0.306 e. The number of aromatic nitrogens is 1. The van der Waals surface area contributed by atoms with Gasteiger partial charge in [-0.1, -0.05) is 18.2 Å². The fourth-order valence-electron chi connectivity index (χ4n) is 1.95. The zero-order valence-electron chi connectivity index (χ0n) is 11.0. The summed E-state index contributed by atoms with van der Waals surface area (Å²) < 4.78 is 4.53. The minimum atomic E-state index is -0.374. The third-order valence-corrected chi connectivity index (χ3v) is 3.07. The average Bonchev–Trinajstić information content (AvgIpc) is 2.87. The number of methoxy groups -OCH3 is 1. The highest BCUT2D eigenvalue weighted by Crippen LogP contribution is 2.26. The van der Waals surface area contributed by atoms with Gasteiger partial charge in [-0.05, 0) is 6.07 Å². The van der Waals surface area contributed by atoms with Gasteiger partial charge in [-0.3, -0.25) is 9.59 Å². The number of benzene rings is 1. The second-order valence-electron chi connectivity index (χ2n) is 4.25. The van der Waals surface area contributed by atoms with Gasteiger partial charge in [0.1, 0.15) is 0 Å². The van der Waals surface area contributed by atoms with Crippen molar-refractivity contribution in [2.75, 3.05) is 19.1 Å². The molecule has 0 saturated carbocycles. The van der Waals surface area contributed by atoms with Crippen LogP contribution in [0.2, 0.25) is 0 Å². The number of ether oxygens (including phenoxy) is 1. The molecule has 0 saturated heterocycles. The molecule has 0 aliphatic heterocycles. The summed E-state index contributed by atoms with van der Waals surface area (Å²) in [4.78, 5) is 27.7. The van der Waals surface area contributed by atoms with Gasteiger partial charge in [0, 0.05) is 30.6 Å². The van der Waals surface area contributed by atoms with Crippen LogP contribution in [0.4, 0.5) is 5.69 Å². The molecule has 5 heteroatoms. The molecule has 1 amide bonds. The summed E-state index contributed by atoms with van der Waals surface area (Å²) in [5.74, 6) is -0.490. The van der Waals surface area contributed by atoms with E-state index in [1.165, 1.54) is 7.11 Å². The number of carbonyl (C=O) groups excluding carboxylic acids is 2. The molecule has 1 heterocycles. The molecule has 2 aromatic rings. The summed E-state index contributed by atoms with van der Waals surface area (Å²) in [7, 11) is 3.02. The van der Waals surface area contributed by atoms with Crippen LogP contribution in [0.5, 0.6) is 0 Å². The van der Waals surface area contributed by atoms with Gasteiger partial charge < -0.3 is 14.6 Å². The van der Waals surface area contributed by atoms with E-state index in [9.17, 15) is 9.59 Å². The number of anilines is 1. The molecule has 1 aromatic heterocycles. The highest BCUT2D eigenvalue weighted by molar-refractivity contribution is 6.03. The van der Waals surface area contributed by atoms with Crippen molar-refractivity contribution in [3.8, 4) is 0 Å². The molecule has 5 nitrogen and oxygen atoms in total. The molecule has 0 fully saturated rings. The van der Waals surface area contributed by atoms with Gasteiger partial charge >= 0.3 is 5.97 Å². The van der Waals surface area contributed by atoms with Crippen LogP contribution in [0.3, 0.4) is 0 Å². The first kappa shape index (κ1) is 13.1. The van der Waals surface area contributed by atoms with Crippen LogP contribution in [0.1, 0.15) is 12.8 Å². The maximum atomic E-state index is 12.0. The Morgan fingerprint density at radius 3 is 2.74 bits per heavy atom. The van der Waals surface area contributed by atoms with Gasteiger partial charge in [0.25, 0.3) is 0 Å². The monoisotopic (exact) mass is 260 g/mol. The van der Waals surface area contributed by atoms with Crippen molar-refractivity contribution < 1.29 is 14.3 Å². The lowest BCUT2D eigenvalue weighted by Crippen LogP contribution is -2.26. The Balaban J connectivity index is 2.13. The molecule has 19 heavy (non-hydrogen) atoms. The number of esters is 1. The maximum Gasteiger partial charge on any atom is 0.306 e. The van der Waals surface area contributed by atoms with Crippen LogP contribution in [0.25, 0.3) is 10.9 Å². The quantitative estimate of drug-likeness (QED) is 0.856. The van der Waals surface area contributed by atoms with E-state index in [1.807, 2.05) is 24.3 Å². The van der Waals surface area contributed by atoms with Crippen molar-refractivity contribution in [2.45, 2.75) is 12.8 Å². The van der Waals surface area contributed by atoms with E-state index >= 15 is 0 Å². The number of H-pyrrole nitrogens is 1. The van der Waals surface area contributed by atoms with E-state index in [1.54, 1.807) is 18.1 Å². The molecule has 1 N–H and O–H groups in total. The van der Waals surface area contributed by atoms with E-state index in [0.717, 1.165) is 16.6 Å². The number of para-hydroxylation sites is 1. The van der Waals surface area contributed by atoms with Crippen molar-refractivity contribution in [3.63, 3.8) is 0 Å². The lowest BCUT2D eigenvalue weighted by Gasteiger charge is -2.15. The molecular formula is C14H16N2O3. The zero-order chi connectivity index (χ0) is 13.8. The standard InChI is InChI=1S/C14H16N2O3/c1-16(13(17)7-8-14(18)19-2)12-9-15-11-6-4-3-5-10(11)12/h3-6,9,15H,7-8H2,1-2H3. The van der Waals surface area contributed by atoms with Crippen molar-refractivity contribution in [2.24, 2.45) is 0 Å². The predicted octanol–water partition coefficient (Wildman–Crippen LogP) is 2.08. The van der Waals surface area contributed by atoms with Crippen LogP contribution < -0.4 is 4.90 Å². The van der Waals surface area contributed by atoms with E-state index in [4.69, 9.17) is 0 Å². The average molecular weight is 260 g/mol. The number of nitrogens with one attached hydrogen (secondary N) is 1. The number of nitrogens with zero attached hydrogens (tertiary/aromatic N) is 1. The zero-order valence-corrected chi connectivity index (χ0v) is 11.0. The normalized spacial score (nSPS) is 10.4. The number of fused-ring (bicyclic) bond motifs is 1. The summed E-state index contributed by atoms with van der Waals surface area (Å²) in [6, 6.07) is 7.75. The number of hydrogen-bond donors (Lipinski definition) is 1. The Morgan fingerprint density at radius 2 is 2.00 bits per heavy atom. The number of aromatic amines is 1. The van der Waals surface area contributed by atoms with E-state index in [-0.39, 0.29) is 24.7 Å². The van der Waals surface area contributed by atoms with Crippen molar-refractivity contribution >= 4 is 28.5 Å². The second-order valence-corrected chi connectivity index (χ2v) is 4.25. The van der Waals surface area contributed by atoms with E-state index in [0.29, 0.717) is 0 Å². The minimum absolute atomic E-state index is 0.0992. The molecule has 2 rings (SSSR count). The van der Waals surface area contributed by atoms with Gasteiger partial charge in [0.15, 0.2) is 0 Å². The number of rotatable bonds is 4. The van der Waals surface area contributed by atoms with Gasteiger partial charge in [-0.25, -0.2) is 0 Å². The van der Waals surface area contributed by atoms with Gasteiger partial charge in [-0.15, -0.1) is 0 Å². The van der Waals surface area contributed by atoms with Gasteiger partial charge in [-0.2, -0.15) is 0 Å². The Kier molecular flexibility index (Phi) is 3.85. The first-order chi connectivity index (χ1) is 9.13. The second kappa shape index (κ2) is 5.56. The molecule has 0 atom stereocenters. The highest BCUT2D eigenvalue weighted by Gasteiger charge is 2.16. The molecule has 0 bridgehead atoms. The number of amides is 1. The fourth-order valence-corrected chi connectivity index (χ4v) is 1.95.